The minimum Gasteiger partial charge on any atom is -0.485 e. The van der Waals surface area contributed by atoms with Gasteiger partial charge in [-0.3, -0.25) is 0 Å². The van der Waals surface area contributed by atoms with Gasteiger partial charge in [0.1, 0.15) is 41.4 Å². The number of H-pyrrole nitrogens is 1. The lowest BCUT2D eigenvalue weighted by atomic mass is 10.1. The van der Waals surface area contributed by atoms with Crippen LogP contribution >= 0.6 is 0 Å². The van der Waals surface area contributed by atoms with E-state index in [1.54, 1.807) is 6.92 Å². The molecule has 6 rings (SSSR count). The van der Waals surface area contributed by atoms with Crippen LogP contribution < -0.4 is 9.47 Å². The Morgan fingerprint density at radius 2 is 1.81 bits per heavy atom. The van der Waals surface area contributed by atoms with E-state index < -0.39 is 53.1 Å². The van der Waals surface area contributed by atoms with Crippen LogP contribution in [0.1, 0.15) is 11.7 Å². The first-order chi connectivity index (χ1) is 17.4. The van der Waals surface area contributed by atoms with Gasteiger partial charge in [-0.15, -0.1) is 0 Å². The predicted molar refractivity (Wildman–Crippen MR) is 115 cm³/mol. The number of pyridine rings is 1. The number of hydrogen-bond acceptors (Lipinski definition) is 9. The van der Waals surface area contributed by atoms with Crippen molar-refractivity contribution in [3.63, 3.8) is 0 Å². The Bertz CT molecular complexity index is 1420. The second-order valence-corrected chi connectivity index (χ2v) is 8.48. The van der Waals surface area contributed by atoms with E-state index in [0.29, 0.717) is 5.89 Å². The highest BCUT2D eigenvalue weighted by atomic mass is 19.1. The summed E-state index contributed by atoms with van der Waals surface area (Å²) in [6, 6.07) is 4.41. The number of aromatic nitrogens is 4. The third-order valence-corrected chi connectivity index (χ3v) is 5.98. The van der Waals surface area contributed by atoms with E-state index >= 15 is 0 Å². The summed E-state index contributed by atoms with van der Waals surface area (Å²) in [5.74, 6) is -2.41. The Hall–Kier alpha value is -3.68. The quantitative estimate of drug-likeness (QED) is 0.408. The zero-order chi connectivity index (χ0) is 25.0. The molecule has 188 valence electrons. The average molecular weight is 504 g/mol. The van der Waals surface area contributed by atoms with Crippen LogP contribution in [0.25, 0.3) is 22.3 Å². The molecule has 0 unspecified atom stereocenters. The summed E-state index contributed by atoms with van der Waals surface area (Å²) < 4.78 is 71.7. The van der Waals surface area contributed by atoms with Crippen LogP contribution in [0, 0.1) is 24.4 Å². The minimum absolute atomic E-state index is 0.133. The second kappa shape index (κ2) is 8.76. The van der Waals surface area contributed by atoms with Crippen LogP contribution in [0.2, 0.25) is 0 Å². The number of rotatable bonds is 6. The fourth-order valence-corrected chi connectivity index (χ4v) is 4.36. The van der Waals surface area contributed by atoms with Gasteiger partial charge in [0, 0.05) is 31.2 Å². The zero-order valence-electron chi connectivity index (χ0n) is 18.7. The molecule has 0 bridgehead atoms. The number of aliphatic hydroxyl groups excluding tert-OH is 1. The molecular formula is C23H19F3N4O6. The molecule has 2 aliphatic rings. The first-order valence-electron chi connectivity index (χ1n) is 11.0. The predicted octanol–water partition coefficient (Wildman–Crippen LogP) is 2.82. The van der Waals surface area contributed by atoms with Gasteiger partial charge in [-0.25, -0.2) is 18.2 Å². The fraction of sp³-hybridized carbons (Fsp3) is 0.348. The van der Waals surface area contributed by atoms with Crippen molar-refractivity contribution < 1.29 is 41.7 Å². The van der Waals surface area contributed by atoms with Gasteiger partial charge in [-0.1, -0.05) is 5.16 Å². The SMILES string of the molecule is Cc1nc(COc2cc(F)c(-c3nc4cc(O[C@@H]5CO[C@H]6[C@@H]5OC[C@H]6O)[nH]c4cc3F)c(F)c2)no1. The molecule has 5 heterocycles. The fourth-order valence-electron chi connectivity index (χ4n) is 4.36. The first-order valence-corrected chi connectivity index (χ1v) is 11.0. The molecule has 1 aromatic carbocycles. The summed E-state index contributed by atoms with van der Waals surface area (Å²) in [5.41, 5.74) is -0.641. The van der Waals surface area contributed by atoms with Crippen LogP contribution in [-0.2, 0) is 16.1 Å². The van der Waals surface area contributed by atoms with Crippen LogP contribution in [0.3, 0.4) is 0 Å². The number of aromatic amines is 1. The van der Waals surface area contributed by atoms with Crippen LogP contribution in [0.4, 0.5) is 13.2 Å². The minimum atomic E-state index is -1.06. The van der Waals surface area contributed by atoms with Gasteiger partial charge in [-0.2, -0.15) is 4.98 Å². The maximum absolute atomic E-state index is 14.9. The number of ether oxygens (including phenoxy) is 4. The average Bonchev–Trinajstić information content (AvgIpc) is 3.60. The van der Waals surface area contributed by atoms with E-state index in [2.05, 4.69) is 20.1 Å². The highest BCUT2D eigenvalue weighted by molar-refractivity contribution is 5.81. The largest absolute Gasteiger partial charge is 0.485 e. The van der Waals surface area contributed by atoms with Crippen LogP contribution in [0.5, 0.6) is 11.6 Å². The van der Waals surface area contributed by atoms with Crippen LogP contribution in [0.15, 0.2) is 28.8 Å². The normalized spacial score (nSPS) is 23.4. The van der Waals surface area contributed by atoms with Crippen molar-refractivity contribution in [3.8, 4) is 22.9 Å². The third kappa shape index (κ3) is 4.04. The number of aliphatic hydroxyl groups is 1. The number of aryl methyl sites for hydroxylation is 1. The number of benzene rings is 1. The van der Waals surface area contributed by atoms with Crippen molar-refractivity contribution >= 4 is 11.0 Å². The third-order valence-electron chi connectivity index (χ3n) is 5.98. The van der Waals surface area contributed by atoms with Crippen molar-refractivity contribution in [3.05, 3.63) is 53.4 Å². The first kappa shape index (κ1) is 22.8. The Labute approximate surface area is 200 Å². The topological polar surface area (TPSA) is 125 Å². The monoisotopic (exact) mass is 504 g/mol. The Morgan fingerprint density at radius 3 is 2.56 bits per heavy atom. The van der Waals surface area contributed by atoms with E-state index in [1.165, 1.54) is 6.07 Å². The molecule has 0 radical (unpaired) electrons. The van der Waals surface area contributed by atoms with E-state index in [-0.39, 0.29) is 48.3 Å². The summed E-state index contributed by atoms with van der Waals surface area (Å²) >= 11 is 0. The Balaban J connectivity index is 1.24. The number of nitrogens with one attached hydrogen (secondary N) is 1. The van der Waals surface area contributed by atoms with Gasteiger partial charge in [0.15, 0.2) is 24.4 Å². The molecule has 0 saturated carbocycles. The lowest BCUT2D eigenvalue weighted by Crippen LogP contribution is -2.34. The van der Waals surface area contributed by atoms with Gasteiger partial charge < -0.3 is 33.6 Å². The summed E-state index contributed by atoms with van der Waals surface area (Å²) in [4.78, 5) is 10.9. The van der Waals surface area contributed by atoms with Crippen molar-refractivity contribution in [1.29, 1.82) is 0 Å². The molecule has 2 aliphatic heterocycles. The van der Waals surface area contributed by atoms with Crippen molar-refractivity contribution in [2.24, 2.45) is 0 Å². The molecule has 2 N–H and O–H groups in total. The molecule has 4 atom stereocenters. The van der Waals surface area contributed by atoms with E-state index in [4.69, 9.17) is 23.5 Å². The molecule has 13 heteroatoms. The van der Waals surface area contributed by atoms with Crippen molar-refractivity contribution in [2.75, 3.05) is 13.2 Å². The summed E-state index contributed by atoms with van der Waals surface area (Å²) in [7, 11) is 0. The van der Waals surface area contributed by atoms with Gasteiger partial charge in [0.25, 0.3) is 0 Å². The molecule has 2 saturated heterocycles. The number of fused-ring (bicyclic) bond motifs is 2. The van der Waals surface area contributed by atoms with E-state index in [9.17, 15) is 18.3 Å². The van der Waals surface area contributed by atoms with Gasteiger partial charge in [-0.05, 0) is 0 Å². The van der Waals surface area contributed by atoms with Crippen LogP contribution in [-0.4, -0.2) is 62.8 Å². The zero-order valence-corrected chi connectivity index (χ0v) is 18.7. The molecule has 0 amide bonds. The van der Waals surface area contributed by atoms with Gasteiger partial charge >= 0.3 is 0 Å². The summed E-state index contributed by atoms with van der Waals surface area (Å²) in [5, 5.41) is 13.5. The highest BCUT2D eigenvalue weighted by Crippen LogP contribution is 2.34. The molecule has 0 spiro atoms. The van der Waals surface area contributed by atoms with E-state index in [0.717, 1.165) is 18.2 Å². The number of nitrogens with zero attached hydrogens (tertiary/aromatic N) is 3. The maximum atomic E-state index is 14.9. The molecule has 2 fully saturated rings. The Morgan fingerprint density at radius 1 is 1.03 bits per heavy atom. The molecule has 10 nitrogen and oxygen atoms in total. The lowest BCUT2D eigenvalue weighted by molar-refractivity contribution is 0.00794. The van der Waals surface area contributed by atoms with Crippen molar-refractivity contribution in [1.82, 2.24) is 20.1 Å². The number of hydrogen-bond donors (Lipinski definition) is 2. The molecule has 36 heavy (non-hydrogen) atoms. The standard InChI is InChI=1S/C23H19F3N4O6/c1-9-27-18(30-36-9)8-32-10-2-11(24)20(12(25)3-10)21-13(26)4-14-15(29-21)5-19(28-14)35-17-7-34-22-16(31)6-33-23(17)22/h2-5,16-17,22-23,28,31H,6-8H2,1H3/t16-,17-,22-,23-/m1/s1. The highest BCUT2D eigenvalue weighted by Gasteiger charge is 2.48. The second-order valence-electron chi connectivity index (χ2n) is 8.48. The molecule has 4 aromatic rings. The maximum Gasteiger partial charge on any atom is 0.223 e. The van der Waals surface area contributed by atoms with Gasteiger partial charge in [0.05, 0.1) is 29.8 Å². The van der Waals surface area contributed by atoms with Gasteiger partial charge in [0.2, 0.25) is 11.7 Å². The molecular weight excluding hydrogens is 485 g/mol. The van der Waals surface area contributed by atoms with E-state index in [1.807, 2.05) is 0 Å². The summed E-state index contributed by atoms with van der Waals surface area (Å²) in [6.07, 6.45) is -2.15. The number of halogens is 3. The lowest BCUT2D eigenvalue weighted by Gasteiger charge is -2.16. The molecule has 0 aliphatic carbocycles. The Kier molecular flexibility index (Phi) is 5.54. The molecule has 3 aromatic heterocycles. The van der Waals surface area contributed by atoms with Crippen molar-refractivity contribution in [2.45, 2.75) is 37.9 Å². The smallest absolute Gasteiger partial charge is 0.223 e. The summed E-state index contributed by atoms with van der Waals surface area (Å²) in [6.45, 7) is 1.77.